The molecule has 0 atom stereocenters. The van der Waals surface area contributed by atoms with E-state index in [9.17, 15) is 4.79 Å². The minimum atomic E-state index is -0.792. The lowest BCUT2D eigenvalue weighted by molar-refractivity contribution is -0.0824. The summed E-state index contributed by atoms with van der Waals surface area (Å²) >= 11 is 5.92. The second-order valence-electron chi connectivity index (χ2n) is 5.60. The largest absolute Gasteiger partial charge is 0.364 e. The Balaban J connectivity index is 1.86. The predicted octanol–water partition coefficient (Wildman–Crippen LogP) is 3.41. The zero-order valence-electron chi connectivity index (χ0n) is 12.8. The molecule has 0 aliphatic carbocycles. The molecule has 3 rings (SSSR count). The van der Waals surface area contributed by atoms with Crippen LogP contribution in [0.2, 0.25) is 5.02 Å². The van der Waals surface area contributed by atoms with Crippen LogP contribution in [0.25, 0.3) is 0 Å². The van der Waals surface area contributed by atoms with E-state index in [1.54, 1.807) is 29.3 Å². The predicted molar refractivity (Wildman–Crippen MR) is 88.9 cm³/mol. The van der Waals surface area contributed by atoms with Crippen molar-refractivity contribution in [3.05, 3.63) is 70.7 Å². The van der Waals surface area contributed by atoms with E-state index in [-0.39, 0.29) is 5.91 Å². The second-order valence-corrected chi connectivity index (χ2v) is 6.04. The fourth-order valence-corrected chi connectivity index (χ4v) is 2.34. The minimum Gasteiger partial charge on any atom is -0.364 e. The first-order valence-electron chi connectivity index (χ1n) is 7.16. The first kappa shape index (κ1) is 15.4. The van der Waals surface area contributed by atoms with Crippen LogP contribution in [0, 0.1) is 0 Å². The molecule has 0 bridgehead atoms. The van der Waals surface area contributed by atoms with Gasteiger partial charge in [-0.3, -0.25) is 10.2 Å². The van der Waals surface area contributed by atoms with Gasteiger partial charge in [0.25, 0.3) is 5.91 Å². The summed E-state index contributed by atoms with van der Waals surface area (Å²) in [5.41, 5.74) is 3.42. The number of nitrogens with zero attached hydrogens (tertiary/aromatic N) is 2. The van der Waals surface area contributed by atoms with Crippen molar-refractivity contribution in [3.8, 4) is 0 Å². The molecular formula is C17H16ClN3O2. The lowest BCUT2D eigenvalue weighted by Crippen LogP contribution is -2.54. The Morgan fingerprint density at radius 3 is 2.43 bits per heavy atom. The molecule has 0 radical (unpaired) electrons. The molecule has 2 aromatic carbocycles. The van der Waals surface area contributed by atoms with Crippen molar-refractivity contribution in [1.29, 1.82) is 0 Å². The topological polar surface area (TPSA) is 53.9 Å². The van der Waals surface area contributed by atoms with Crippen molar-refractivity contribution < 1.29 is 9.63 Å². The average Bonchev–Trinajstić information content (AvgIpc) is 2.84. The fourth-order valence-electron chi connectivity index (χ4n) is 2.22. The number of hydrogen-bond donors (Lipinski definition) is 1. The summed E-state index contributed by atoms with van der Waals surface area (Å²) in [4.78, 5) is 17.9. The highest BCUT2D eigenvalue weighted by atomic mass is 35.5. The van der Waals surface area contributed by atoms with E-state index in [0.29, 0.717) is 16.4 Å². The molecule has 6 heteroatoms. The molecule has 1 aliphatic rings. The fraction of sp³-hybridized carbons (Fsp3) is 0.176. The molecule has 0 spiro atoms. The van der Waals surface area contributed by atoms with Crippen LogP contribution in [0.15, 0.2) is 59.8 Å². The van der Waals surface area contributed by atoms with Crippen molar-refractivity contribution in [3.63, 3.8) is 0 Å². The summed E-state index contributed by atoms with van der Waals surface area (Å²) in [6.45, 7) is 3.65. The van der Waals surface area contributed by atoms with Gasteiger partial charge in [-0.05, 0) is 50.2 Å². The molecule has 1 heterocycles. The van der Waals surface area contributed by atoms with E-state index < -0.39 is 5.72 Å². The summed E-state index contributed by atoms with van der Waals surface area (Å²) < 4.78 is 0. The van der Waals surface area contributed by atoms with Gasteiger partial charge >= 0.3 is 0 Å². The third-order valence-corrected chi connectivity index (χ3v) is 3.71. The van der Waals surface area contributed by atoms with Crippen LogP contribution >= 0.6 is 11.6 Å². The van der Waals surface area contributed by atoms with Crippen LogP contribution in [0.5, 0.6) is 0 Å². The van der Waals surface area contributed by atoms with E-state index in [2.05, 4.69) is 10.6 Å². The van der Waals surface area contributed by atoms with Gasteiger partial charge in [0.05, 0.1) is 0 Å². The number of hydrogen-bond acceptors (Lipinski definition) is 4. The first-order valence-corrected chi connectivity index (χ1v) is 7.53. The highest BCUT2D eigenvalue weighted by Crippen LogP contribution is 2.25. The monoisotopic (exact) mass is 329 g/mol. The molecule has 0 saturated carbocycles. The first-order chi connectivity index (χ1) is 11.0. The number of oxime groups is 1. The van der Waals surface area contributed by atoms with Gasteiger partial charge in [0.15, 0.2) is 5.84 Å². The van der Waals surface area contributed by atoms with Gasteiger partial charge in [-0.25, -0.2) is 5.01 Å². The van der Waals surface area contributed by atoms with Gasteiger partial charge in [0.2, 0.25) is 5.72 Å². The Bertz CT molecular complexity index is 742. The second kappa shape index (κ2) is 5.93. The van der Waals surface area contributed by atoms with Crippen LogP contribution in [-0.4, -0.2) is 22.5 Å². The number of carbonyl (C=O) groups is 1. The van der Waals surface area contributed by atoms with Crippen LogP contribution in [-0.2, 0) is 4.84 Å². The number of amidine groups is 1. The number of amides is 1. The Hall–Kier alpha value is -2.53. The zero-order valence-corrected chi connectivity index (χ0v) is 13.5. The SMILES string of the molecule is CC1(C)ON=C(c2ccc(Cl)cc2)N1NC(=O)c1ccccc1. The van der Waals surface area contributed by atoms with E-state index in [1.165, 1.54) is 0 Å². The molecule has 0 fully saturated rings. The maximum atomic E-state index is 12.4. The maximum absolute atomic E-state index is 12.4. The van der Waals surface area contributed by atoms with E-state index >= 15 is 0 Å². The van der Waals surface area contributed by atoms with Gasteiger partial charge in [-0.15, -0.1) is 0 Å². The van der Waals surface area contributed by atoms with Gasteiger partial charge in [-0.1, -0.05) is 35.0 Å². The third kappa shape index (κ3) is 3.14. The van der Waals surface area contributed by atoms with Crippen molar-refractivity contribution in [2.45, 2.75) is 19.6 Å². The van der Waals surface area contributed by atoms with Crippen molar-refractivity contribution >= 4 is 23.3 Å². The van der Waals surface area contributed by atoms with E-state index in [1.807, 2.05) is 44.2 Å². The highest BCUT2D eigenvalue weighted by Gasteiger charge is 2.39. The Kier molecular flexibility index (Phi) is 3.96. The Morgan fingerprint density at radius 1 is 1.13 bits per heavy atom. The van der Waals surface area contributed by atoms with Crippen molar-refractivity contribution in [1.82, 2.24) is 10.4 Å². The molecule has 1 N–H and O–H groups in total. The Morgan fingerprint density at radius 2 is 1.78 bits per heavy atom. The molecule has 0 saturated heterocycles. The maximum Gasteiger partial charge on any atom is 0.269 e. The molecule has 0 unspecified atom stereocenters. The zero-order chi connectivity index (χ0) is 16.4. The summed E-state index contributed by atoms with van der Waals surface area (Å²) in [6, 6.07) is 16.2. The average molecular weight is 330 g/mol. The molecule has 5 nitrogen and oxygen atoms in total. The van der Waals surface area contributed by atoms with E-state index in [4.69, 9.17) is 16.4 Å². The van der Waals surface area contributed by atoms with Gasteiger partial charge in [0, 0.05) is 16.1 Å². The van der Waals surface area contributed by atoms with Crippen LogP contribution in [0.4, 0.5) is 0 Å². The molecule has 2 aromatic rings. The van der Waals surface area contributed by atoms with Gasteiger partial charge in [-0.2, -0.15) is 0 Å². The molecule has 1 aliphatic heterocycles. The standard InChI is InChI=1S/C17H16ClN3O2/c1-17(2)21(19-16(22)13-6-4-3-5-7-13)15(20-23-17)12-8-10-14(18)11-9-12/h3-11H,1-2H3,(H,19,22). The summed E-state index contributed by atoms with van der Waals surface area (Å²) in [7, 11) is 0. The van der Waals surface area contributed by atoms with E-state index in [0.717, 1.165) is 5.56 Å². The molecule has 118 valence electrons. The Labute approximate surface area is 139 Å². The molecular weight excluding hydrogens is 314 g/mol. The molecule has 23 heavy (non-hydrogen) atoms. The van der Waals surface area contributed by atoms with Crippen LogP contribution in [0.3, 0.4) is 0 Å². The van der Waals surface area contributed by atoms with Crippen molar-refractivity contribution in [2.75, 3.05) is 0 Å². The molecule has 0 aromatic heterocycles. The van der Waals surface area contributed by atoms with Crippen molar-refractivity contribution in [2.24, 2.45) is 5.16 Å². The number of benzene rings is 2. The lowest BCUT2D eigenvalue weighted by atomic mass is 10.1. The lowest BCUT2D eigenvalue weighted by Gasteiger charge is -2.31. The number of carbonyl (C=O) groups excluding carboxylic acids is 1. The minimum absolute atomic E-state index is 0.231. The summed E-state index contributed by atoms with van der Waals surface area (Å²) in [5.74, 6) is 0.293. The number of hydrazine groups is 1. The van der Waals surface area contributed by atoms with Crippen LogP contribution in [0.1, 0.15) is 29.8 Å². The summed E-state index contributed by atoms with van der Waals surface area (Å²) in [6.07, 6.45) is 0. The normalized spacial score (nSPS) is 15.8. The number of rotatable bonds is 3. The number of nitrogens with one attached hydrogen (secondary N) is 1. The quantitative estimate of drug-likeness (QED) is 0.938. The highest BCUT2D eigenvalue weighted by molar-refractivity contribution is 6.30. The number of halogens is 1. The van der Waals surface area contributed by atoms with Crippen LogP contribution < -0.4 is 5.43 Å². The smallest absolute Gasteiger partial charge is 0.269 e. The van der Waals surface area contributed by atoms with Gasteiger partial charge in [0.1, 0.15) is 0 Å². The molecule has 1 amide bonds. The third-order valence-electron chi connectivity index (χ3n) is 3.46. The van der Waals surface area contributed by atoms with Gasteiger partial charge < -0.3 is 4.84 Å². The summed E-state index contributed by atoms with van der Waals surface area (Å²) in [5, 5.41) is 6.35.